The Morgan fingerprint density at radius 3 is 1.94 bits per heavy atom. The highest BCUT2D eigenvalue weighted by Gasteiger charge is 2.08. The average Bonchev–Trinajstić information content (AvgIpc) is 2.20. The van der Waals surface area contributed by atoms with Crippen LogP contribution in [-0.2, 0) is 19.0 Å². The fourth-order valence-corrected chi connectivity index (χ4v) is 0.987. The Labute approximate surface area is 98.3 Å². The largest absolute Gasteiger partial charge is 0.463 e. The number of rotatable bonds is 8. The number of carbonyl (C=O) groups is 1. The number of ether oxygens (including phenoxy) is 3. The maximum absolute atomic E-state index is 10.6. The SMILES string of the molecule is CC(=O)OCC(C)OCC(C)OCC(C)C. The zero-order valence-corrected chi connectivity index (χ0v) is 11.0. The maximum Gasteiger partial charge on any atom is 0.302 e. The lowest BCUT2D eigenvalue weighted by molar-refractivity contribution is -0.145. The fraction of sp³-hybridized carbons (Fsp3) is 0.917. The quantitative estimate of drug-likeness (QED) is 0.601. The van der Waals surface area contributed by atoms with E-state index in [4.69, 9.17) is 14.2 Å². The van der Waals surface area contributed by atoms with Crippen molar-refractivity contribution in [2.24, 2.45) is 5.92 Å². The monoisotopic (exact) mass is 232 g/mol. The molecule has 0 aromatic carbocycles. The van der Waals surface area contributed by atoms with Crippen molar-refractivity contribution in [2.75, 3.05) is 19.8 Å². The Kier molecular flexibility index (Phi) is 8.21. The molecule has 0 heterocycles. The van der Waals surface area contributed by atoms with E-state index in [1.807, 2.05) is 13.8 Å². The zero-order valence-electron chi connectivity index (χ0n) is 11.0. The van der Waals surface area contributed by atoms with Crippen molar-refractivity contribution < 1.29 is 19.0 Å². The first-order valence-electron chi connectivity index (χ1n) is 5.78. The highest BCUT2D eigenvalue weighted by Crippen LogP contribution is 2.01. The molecule has 0 aliphatic heterocycles. The third-order valence-corrected chi connectivity index (χ3v) is 1.85. The molecule has 0 saturated heterocycles. The molecule has 0 N–H and O–H groups in total. The van der Waals surface area contributed by atoms with Gasteiger partial charge in [0.25, 0.3) is 0 Å². The van der Waals surface area contributed by atoms with Gasteiger partial charge in [-0.15, -0.1) is 0 Å². The van der Waals surface area contributed by atoms with Gasteiger partial charge in [-0.3, -0.25) is 4.79 Å². The van der Waals surface area contributed by atoms with Gasteiger partial charge in [-0.1, -0.05) is 13.8 Å². The lowest BCUT2D eigenvalue weighted by Crippen LogP contribution is -2.25. The molecule has 2 unspecified atom stereocenters. The summed E-state index contributed by atoms with van der Waals surface area (Å²) in [5.74, 6) is 0.250. The van der Waals surface area contributed by atoms with E-state index >= 15 is 0 Å². The van der Waals surface area contributed by atoms with Crippen LogP contribution in [0.1, 0.15) is 34.6 Å². The molecule has 2 atom stereocenters. The van der Waals surface area contributed by atoms with Crippen molar-refractivity contribution in [1.82, 2.24) is 0 Å². The Morgan fingerprint density at radius 1 is 0.938 bits per heavy atom. The van der Waals surface area contributed by atoms with E-state index < -0.39 is 0 Å². The summed E-state index contributed by atoms with van der Waals surface area (Å²) in [6.07, 6.45) is -0.0174. The van der Waals surface area contributed by atoms with Gasteiger partial charge in [0.05, 0.1) is 18.8 Å². The predicted octanol–water partition coefficient (Wildman–Crippen LogP) is 2.02. The first-order valence-corrected chi connectivity index (χ1v) is 5.78. The second-order valence-corrected chi connectivity index (χ2v) is 4.48. The predicted molar refractivity (Wildman–Crippen MR) is 62.3 cm³/mol. The van der Waals surface area contributed by atoms with E-state index in [0.29, 0.717) is 19.1 Å². The van der Waals surface area contributed by atoms with Gasteiger partial charge in [0.1, 0.15) is 6.61 Å². The van der Waals surface area contributed by atoms with Crippen LogP contribution < -0.4 is 0 Å². The number of hydrogen-bond acceptors (Lipinski definition) is 4. The lowest BCUT2D eigenvalue weighted by atomic mass is 10.2. The van der Waals surface area contributed by atoms with Crippen LogP contribution in [0, 0.1) is 5.92 Å². The Bertz CT molecular complexity index is 191. The van der Waals surface area contributed by atoms with Crippen molar-refractivity contribution in [1.29, 1.82) is 0 Å². The minimum absolute atomic E-state index is 0.0715. The Balaban J connectivity index is 3.50. The lowest BCUT2D eigenvalue weighted by Gasteiger charge is -2.18. The first-order chi connectivity index (χ1) is 7.41. The smallest absolute Gasteiger partial charge is 0.302 e. The molecule has 4 heteroatoms. The summed E-state index contributed by atoms with van der Waals surface area (Å²) < 4.78 is 15.9. The molecule has 0 spiro atoms. The Hall–Kier alpha value is -0.610. The van der Waals surface area contributed by atoms with Crippen molar-refractivity contribution >= 4 is 5.97 Å². The van der Waals surface area contributed by atoms with Crippen LogP contribution in [0.25, 0.3) is 0 Å². The summed E-state index contributed by atoms with van der Waals surface area (Å²) in [6.45, 7) is 11.0. The molecule has 96 valence electrons. The summed E-state index contributed by atoms with van der Waals surface area (Å²) in [4.78, 5) is 10.6. The maximum atomic E-state index is 10.6. The van der Waals surface area contributed by atoms with Crippen LogP contribution in [0.4, 0.5) is 0 Å². The normalized spacial score (nSPS) is 14.9. The molecule has 0 rings (SSSR count). The highest BCUT2D eigenvalue weighted by molar-refractivity contribution is 5.65. The summed E-state index contributed by atoms with van der Waals surface area (Å²) >= 11 is 0. The van der Waals surface area contributed by atoms with E-state index in [0.717, 1.165) is 6.61 Å². The summed E-state index contributed by atoms with van der Waals surface area (Å²) in [7, 11) is 0. The Morgan fingerprint density at radius 2 is 1.44 bits per heavy atom. The molecule has 0 fully saturated rings. The molecule has 0 radical (unpaired) electrons. The second kappa shape index (κ2) is 8.53. The van der Waals surface area contributed by atoms with Crippen LogP contribution in [0.15, 0.2) is 0 Å². The third kappa shape index (κ3) is 9.93. The van der Waals surface area contributed by atoms with Gasteiger partial charge in [0.15, 0.2) is 0 Å². The number of carbonyl (C=O) groups excluding carboxylic acids is 1. The molecule has 0 aliphatic carbocycles. The van der Waals surface area contributed by atoms with Gasteiger partial charge in [-0.05, 0) is 19.8 Å². The van der Waals surface area contributed by atoms with Gasteiger partial charge in [0.2, 0.25) is 0 Å². The molecule has 0 bridgehead atoms. The molecule has 16 heavy (non-hydrogen) atoms. The van der Waals surface area contributed by atoms with Gasteiger partial charge < -0.3 is 14.2 Å². The fourth-order valence-electron chi connectivity index (χ4n) is 0.987. The molecular formula is C12H24O4. The van der Waals surface area contributed by atoms with E-state index in [9.17, 15) is 4.79 Å². The second-order valence-electron chi connectivity index (χ2n) is 4.48. The molecule has 0 aromatic heterocycles. The minimum atomic E-state index is -0.278. The van der Waals surface area contributed by atoms with Crippen LogP contribution in [0.3, 0.4) is 0 Å². The van der Waals surface area contributed by atoms with Gasteiger partial charge in [0, 0.05) is 13.5 Å². The molecule has 0 saturated carbocycles. The minimum Gasteiger partial charge on any atom is -0.463 e. The highest BCUT2D eigenvalue weighted by atomic mass is 16.6. The average molecular weight is 232 g/mol. The van der Waals surface area contributed by atoms with Gasteiger partial charge in [-0.2, -0.15) is 0 Å². The van der Waals surface area contributed by atoms with Crippen LogP contribution in [0.2, 0.25) is 0 Å². The number of hydrogen-bond donors (Lipinski definition) is 0. The molecule has 0 aliphatic rings. The van der Waals surface area contributed by atoms with Gasteiger partial charge >= 0.3 is 5.97 Å². The standard InChI is InChI=1S/C12H24O4/c1-9(2)6-14-10(3)7-15-11(4)8-16-12(5)13/h9-11H,6-8H2,1-5H3. The van der Waals surface area contributed by atoms with Gasteiger partial charge in [-0.25, -0.2) is 0 Å². The third-order valence-electron chi connectivity index (χ3n) is 1.85. The van der Waals surface area contributed by atoms with Crippen molar-refractivity contribution in [3.63, 3.8) is 0 Å². The number of esters is 1. The van der Waals surface area contributed by atoms with Crippen molar-refractivity contribution in [2.45, 2.75) is 46.8 Å². The van der Waals surface area contributed by atoms with E-state index in [2.05, 4.69) is 13.8 Å². The van der Waals surface area contributed by atoms with E-state index in [1.165, 1.54) is 6.92 Å². The van der Waals surface area contributed by atoms with Crippen molar-refractivity contribution in [3.8, 4) is 0 Å². The molecule has 0 amide bonds. The first kappa shape index (κ1) is 15.4. The van der Waals surface area contributed by atoms with Crippen LogP contribution in [0.5, 0.6) is 0 Å². The van der Waals surface area contributed by atoms with Crippen LogP contribution in [-0.4, -0.2) is 38.0 Å². The van der Waals surface area contributed by atoms with E-state index in [1.54, 1.807) is 0 Å². The topological polar surface area (TPSA) is 44.8 Å². The van der Waals surface area contributed by atoms with Crippen LogP contribution >= 0.6 is 0 Å². The zero-order chi connectivity index (χ0) is 12.6. The summed E-state index contributed by atoms with van der Waals surface area (Å²) in [6, 6.07) is 0. The summed E-state index contributed by atoms with van der Waals surface area (Å²) in [5, 5.41) is 0. The molecule has 4 nitrogen and oxygen atoms in total. The molecular weight excluding hydrogens is 208 g/mol. The summed E-state index contributed by atoms with van der Waals surface area (Å²) in [5.41, 5.74) is 0. The molecule has 0 aromatic rings. The van der Waals surface area contributed by atoms with Crippen molar-refractivity contribution in [3.05, 3.63) is 0 Å². The van der Waals surface area contributed by atoms with E-state index in [-0.39, 0.29) is 18.2 Å².